The molecule has 1 saturated heterocycles. The standard InChI is InChI=1S/C23H27N3O4/c1-15-5-7-18(8-6-15)13-24-21(27)20-12-23(30-25-20)9-4-10-26(14-23)22(28)19-11-16(2)29-17(19)3/h5-8,11H,4,9-10,12-14H2,1-3H3,(H,24,27)/t23-/m1/s1. The Bertz CT molecular complexity index is 992. The van der Waals surface area contributed by atoms with Gasteiger partial charge >= 0.3 is 0 Å². The van der Waals surface area contributed by atoms with Crippen molar-refractivity contribution in [1.29, 1.82) is 0 Å². The van der Waals surface area contributed by atoms with Crippen LogP contribution in [0.5, 0.6) is 0 Å². The monoisotopic (exact) mass is 409 g/mol. The van der Waals surface area contributed by atoms with Crippen molar-refractivity contribution in [3.63, 3.8) is 0 Å². The molecule has 2 aromatic rings. The van der Waals surface area contributed by atoms with Crippen LogP contribution in [0.3, 0.4) is 0 Å². The zero-order chi connectivity index (χ0) is 21.3. The van der Waals surface area contributed by atoms with E-state index in [0.29, 0.717) is 43.1 Å². The van der Waals surface area contributed by atoms with E-state index in [0.717, 1.165) is 24.2 Å². The fourth-order valence-electron chi connectivity index (χ4n) is 4.14. The van der Waals surface area contributed by atoms with Crippen molar-refractivity contribution >= 4 is 17.5 Å². The van der Waals surface area contributed by atoms with Gasteiger partial charge in [0.1, 0.15) is 17.2 Å². The van der Waals surface area contributed by atoms with Crippen LogP contribution in [0.1, 0.15) is 52.3 Å². The van der Waals surface area contributed by atoms with E-state index in [1.807, 2.05) is 38.1 Å². The molecule has 7 nitrogen and oxygen atoms in total. The van der Waals surface area contributed by atoms with E-state index in [4.69, 9.17) is 9.25 Å². The lowest BCUT2D eigenvalue weighted by molar-refractivity contribution is -0.115. The molecule has 1 aromatic heterocycles. The topological polar surface area (TPSA) is 84.1 Å². The third kappa shape index (κ3) is 4.10. The first kappa shape index (κ1) is 20.2. The molecule has 30 heavy (non-hydrogen) atoms. The predicted octanol–water partition coefficient (Wildman–Crippen LogP) is 3.27. The van der Waals surface area contributed by atoms with Crippen LogP contribution in [0.2, 0.25) is 0 Å². The molecule has 2 amide bonds. The molecule has 2 aliphatic rings. The fraction of sp³-hybridized carbons (Fsp3) is 0.435. The summed E-state index contributed by atoms with van der Waals surface area (Å²) in [7, 11) is 0. The Labute approximate surface area is 176 Å². The zero-order valence-electron chi connectivity index (χ0n) is 17.7. The SMILES string of the molecule is Cc1ccc(CNC(=O)C2=NO[C@]3(CCCN(C(=O)c4cc(C)oc4C)C3)C2)cc1. The van der Waals surface area contributed by atoms with E-state index in [2.05, 4.69) is 10.5 Å². The van der Waals surface area contributed by atoms with Crippen LogP contribution < -0.4 is 5.32 Å². The Balaban J connectivity index is 1.36. The fourth-order valence-corrected chi connectivity index (χ4v) is 4.14. The summed E-state index contributed by atoms with van der Waals surface area (Å²) < 4.78 is 5.51. The number of furan rings is 1. The summed E-state index contributed by atoms with van der Waals surface area (Å²) in [5.41, 5.74) is 2.55. The maximum atomic E-state index is 13.0. The molecule has 1 N–H and O–H groups in total. The summed E-state index contributed by atoms with van der Waals surface area (Å²) >= 11 is 0. The number of benzene rings is 1. The number of amides is 2. The maximum Gasteiger partial charge on any atom is 0.269 e. The van der Waals surface area contributed by atoms with Crippen LogP contribution in [-0.2, 0) is 16.2 Å². The minimum absolute atomic E-state index is 0.0655. The number of rotatable bonds is 4. The Morgan fingerprint density at radius 1 is 1.20 bits per heavy atom. The highest BCUT2D eigenvalue weighted by molar-refractivity contribution is 6.39. The van der Waals surface area contributed by atoms with E-state index in [1.54, 1.807) is 17.9 Å². The third-order valence-electron chi connectivity index (χ3n) is 5.77. The number of likely N-dealkylation sites (tertiary alicyclic amines) is 1. The van der Waals surface area contributed by atoms with Crippen LogP contribution in [0.15, 0.2) is 39.9 Å². The van der Waals surface area contributed by atoms with Crippen molar-refractivity contribution < 1.29 is 18.8 Å². The van der Waals surface area contributed by atoms with Gasteiger partial charge in [-0.1, -0.05) is 35.0 Å². The molecule has 1 fully saturated rings. The van der Waals surface area contributed by atoms with Gasteiger partial charge in [0.15, 0.2) is 5.60 Å². The first-order chi connectivity index (χ1) is 14.3. The van der Waals surface area contributed by atoms with Gasteiger partial charge in [0, 0.05) is 19.5 Å². The van der Waals surface area contributed by atoms with Crippen LogP contribution in [0, 0.1) is 20.8 Å². The summed E-state index contributed by atoms with van der Waals surface area (Å²) in [6.07, 6.45) is 1.97. The number of piperidine rings is 1. The molecule has 0 unspecified atom stereocenters. The van der Waals surface area contributed by atoms with Crippen molar-refractivity contribution in [2.75, 3.05) is 13.1 Å². The Kier molecular flexibility index (Phi) is 5.37. The Morgan fingerprint density at radius 3 is 2.67 bits per heavy atom. The molecular formula is C23H27N3O4. The number of oxime groups is 1. The zero-order valence-corrected chi connectivity index (χ0v) is 17.7. The third-order valence-corrected chi connectivity index (χ3v) is 5.77. The largest absolute Gasteiger partial charge is 0.466 e. The summed E-state index contributed by atoms with van der Waals surface area (Å²) in [4.78, 5) is 33.1. The molecular weight excluding hydrogens is 382 g/mol. The van der Waals surface area contributed by atoms with Gasteiger partial charge in [0.2, 0.25) is 0 Å². The van der Waals surface area contributed by atoms with Crippen LogP contribution in [0.25, 0.3) is 0 Å². The molecule has 1 aromatic carbocycles. The van der Waals surface area contributed by atoms with Gasteiger partial charge in [-0.25, -0.2) is 0 Å². The van der Waals surface area contributed by atoms with Gasteiger partial charge in [-0.05, 0) is 45.2 Å². The molecule has 0 bridgehead atoms. The second-order valence-corrected chi connectivity index (χ2v) is 8.31. The number of carbonyl (C=O) groups excluding carboxylic acids is 2. The molecule has 2 aliphatic heterocycles. The molecule has 1 atom stereocenters. The van der Waals surface area contributed by atoms with Crippen molar-refractivity contribution in [3.8, 4) is 0 Å². The minimum atomic E-state index is -0.628. The number of nitrogens with zero attached hydrogens (tertiary/aromatic N) is 2. The lowest BCUT2D eigenvalue weighted by atomic mass is 9.87. The number of aryl methyl sites for hydroxylation is 3. The number of hydrogen-bond acceptors (Lipinski definition) is 5. The van der Waals surface area contributed by atoms with Crippen molar-refractivity contribution in [2.24, 2.45) is 5.16 Å². The number of nitrogens with one attached hydrogen (secondary N) is 1. The second kappa shape index (κ2) is 7.97. The maximum absolute atomic E-state index is 13.0. The first-order valence-corrected chi connectivity index (χ1v) is 10.3. The lowest BCUT2D eigenvalue weighted by Crippen LogP contribution is -2.51. The summed E-state index contributed by atoms with van der Waals surface area (Å²) in [5.74, 6) is 1.05. The summed E-state index contributed by atoms with van der Waals surface area (Å²) in [6.45, 7) is 7.16. The molecule has 158 valence electrons. The molecule has 7 heteroatoms. The smallest absolute Gasteiger partial charge is 0.269 e. The van der Waals surface area contributed by atoms with Crippen molar-refractivity contribution in [1.82, 2.24) is 10.2 Å². The molecule has 1 spiro atoms. The predicted molar refractivity (Wildman–Crippen MR) is 112 cm³/mol. The number of carbonyl (C=O) groups is 2. The van der Waals surface area contributed by atoms with E-state index >= 15 is 0 Å². The highest BCUT2D eigenvalue weighted by atomic mass is 16.7. The molecule has 0 aliphatic carbocycles. The van der Waals surface area contributed by atoms with E-state index < -0.39 is 5.60 Å². The van der Waals surface area contributed by atoms with E-state index in [1.165, 1.54) is 5.56 Å². The van der Waals surface area contributed by atoms with Crippen LogP contribution >= 0.6 is 0 Å². The van der Waals surface area contributed by atoms with E-state index in [9.17, 15) is 9.59 Å². The molecule has 3 heterocycles. The summed E-state index contributed by atoms with van der Waals surface area (Å²) in [6, 6.07) is 9.80. The molecule has 0 saturated carbocycles. The van der Waals surface area contributed by atoms with Gasteiger partial charge in [0.25, 0.3) is 11.8 Å². The van der Waals surface area contributed by atoms with Crippen LogP contribution in [0.4, 0.5) is 0 Å². The highest BCUT2D eigenvalue weighted by Crippen LogP contribution is 2.34. The first-order valence-electron chi connectivity index (χ1n) is 10.3. The number of hydrogen-bond donors (Lipinski definition) is 1. The van der Waals surface area contributed by atoms with E-state index in [-0.39, 0.29) is 11.8 Å². The van der Waals surface area contributed by atoms with Crippen molar-refractivity contribution in [3.05, 3.63) is 58.5 Å². The molecule has 4 rings (SSSR count). The minimum Gasteiger partial charge on any atom is -0.466 e. The van der Waals surface area contributed by atoms with Crippen molar-refractivity contribution in [2.45, 2.75) is 52.2 Å². The van der Waals surface area contributed by atoms with Gasteiger partial charge in [-0.3, -0.25) is 9.59 Å². The normalized spacial score (nSPS) is 20.8. The lowest BCUT2D eigenvalue weighted by Gasteiger charge is -2.38. The van der Waals surface area contributed by atoms with Gasteiger partial charge in [0.05, 0.1) is 12.1 Å². The average Bonchev–Trinajstić information content (AvgIpc) is 3.29. The Morgan fingerprint density at radius 2 is 1.97 bits per heavy atom. The summed E-state index contributed by atoms with van der Waals surface area (Å²) in [5, 5.41) is 6.99. The quantitative estimate of drug-likeness (QED) is 0.840. The Hall–Kier alpha value is -3.09. The second-order valence-electron chi connectivity index (χ2n) is 8.31. The highest BCUT2D eigenvalue weighted by Gasteiger charge is 2.45. The van der Waals surface area contributed by atoms with Crippen LogP contribution in [-0.4, -0.2) is 41.1 Å². The van der Waals surface area contributed by atoms with Gasteiger partial charge in [-0.2, -0.15) is 0 Å². The molecule has 0 radical (unpaired) electrons. The van der Waals surface area contributed by atoms with Gasteiger partial charge in [-0.15, -0.1) is 0 Å². The van der Waals surface area contributed by atoms with Gasteiger partial charge < -0.3 is 19.5 Å². The average molecular weight is 409 g/mol.